The fourth-order valence-corrected chi connectivity index (χ4v) is 1.64. The van der Waals surface area contributed by atoms with Crippen molar-refractivity contribution >= 4 is 17.8 Å². The molecule has 0 unspecified atom stereocenters. The quantitative estimate of drug-likeness (QED) is 0.413. The first-order chi connectivity index (χ1) is 8.15. The first kappa shape index (κ1) is 13.7. The minimum Gasteiger partial charge on any atom is -0.464 e. The van der Waals surface area contributed by atoms with Gasteiger partial charge in [0.25, 0.3) is 0 Å². The fourth-order valence-electron chi connectivity index (χ4n) is 1.64. The van der Waals surface area contributed by atoms with Gasteiger partial charge in [-0.05, 0) is 19.3 Å². The molecule has 1 aliphatic heterocycles. The zero-order valence-corrected chi connectivity index (χ0v) is 10.2. The number of carbonyl (C=O) groups excluding carboxylic acids is 3. The average molecular weight is 241 g/mol. The molecule has 1 rings (SSSR count). The first-order valence-electron chi connectivity index (χ1n) is 6.14. The number of amides is 2. The van der Waals surface area contributed by atoms with E-state index in [1.165, 1.54) is 0 Å². The second-order valence-corrected chi connectivity index (χ2v) is 4.15. The number of imide groups is 1. The van der Waals surface area contributed by atoms with E-state index in [-0.39, 0.29) is 18.4 Å². The van der Waals surface area contributed by atoms with Gasteiger partial charge in [0.15, 0.2) is 0 Å². The number of unbranched alkanes of at least 4 members (excludes halogenated alkanes) is 1. The maximum absolute atomic E-state index is 11.6. The summed E-state index contributed by atoms with van der Waals surface area (Å²) in [5.74, 6) is -1.03. The lowest BCUT2D eigenvalue weighted by Crippen LogP contribution is -2.39. The standard InChI is InChI=1S/C12H19NO4/c1-2-3-8-17-12(16)9-13-10(14)6-4-5-7-11(13)15/h2-9H2,1H3. The number of carbonyl (C=O) groups is 3. The van der Waals surface area contributed by atoms with Crippen LogP contribution in [0.3, 0.4) is 0 Å². The number of nitrogens with zero attached hydrogens (tertiary/aromatic N) is 1. The molecular formula is C12H19NO4. The van der Waals surface area contributed by atoms with Crippen LogP contribution >= 0.6 is 0 Å². The molecule has 2 amide bonds. The summed E-state index contributed by atoms with van der Waals surface area (Å²) >= 11 is 0. The first-order valence-corrected chi connectivity index (χ1v) is 6.14. The lowest BCUT2D eigenvalue weighted by molar-refractivity contribution is -0.155. The number of rotatable bonds is 5. The Balaban J connectivity index is 2.43. The highest BCUT2D eigenvalue weighted by molar-refractivity contribution is 5.98. The third kappa shape index (κ3) is 4.54. The van der Waals surface area contributed by atoms with Crippen LogP contribution in [0.5, 0.6) is 0 Å². The van der Waals surface area contributed by atoms with Crippen LogP contribution in [0.15, 0.2) is 0 Å². The molecule has 96 valence electrons. The van der Waals surface area contributed by atoms with Crippen molar-refractivity contribution in [2.24, 2.45) is 0 Å². The molecular weight excluding hydrogens is 222 g/mol. The van der Waals surface area contributed by atoms with E-state index in [0.717, 1.165) is 17.7 Å². The van der Waals surface area contributed by atoms with Gasteiger partial charge in [0.1, 0.15) is 6.54 Å². The summed E-state index contributed by atoms with van der Waals surface area (Å²) in [6.07, 6.45) is 3.85. The molecule has 0 N–H and O–H groups in total. The molecule has 0 atom stereocenters. The highest BCUT2D eigenvalue weighted by atomic mass is 16.5. The van der Waals surface area contributed by atoms with Gasteiger partial charge in [0.2, 0.25) is 11.8 Å². The summed E-state index contributed by atoms with van der Waals surface area (Å²) in [6.45, 7) is 2.11. The maximum atomic E-state index is 11.6. The van der Waals surface area contributed by atoms with Crippen molar-refractivity contribution in [1.82, 2.24) is 4.90 Å². The molecule has 0 aromatic rings. The predicted molar refractivity (Wildman–Crippen MR) is 61.1 cm³/mol. The highest BCUT2D eigenvalue weighted by Crippen LogP contribution is 2.12. The van der Waals surface area contributed by atoms with Crippen molar-refractivity contribution in [3.05, 3.63) is 0 Å². The SMILES string of the molecule is CCCCOC(=O)CN1C(=O)CCCCC1=O. The Morgan fingerprint density at radius 3 is 2.35 bits per heavy atom. The Kier molecular flexibility index (Phi) is 5.66. The van der Waals surface area contributed by atoms with Crippen LogP contribution in [-0.2, 0) is 19.1 Å². The van der Waals surface area contributed by atoms with Crippen LogP contribution in [0.1, 0.15) is 45.4 Å². The number of hydrogen-bond donors (Lipinski definition) is 0. The molecule has 0 bridgehead atoms. The second-order valence-electron chi connectivity index (χ2n) is 4.15. The smallest absolute Gasteiger partial charge is 0.326 e. The fraction of sp³-hybridized carbons (Fsp3) is 0.750. The molecule has 0 spiro atoms. The number of ether oxygens (including phenoxy) is 1. The van der Waals surface area contributed by atoms with E-state index < -0.39 is 5.97 Å². The van der Waals surface area contributed by atoms with Crippen LogP contribution in [0.25, 0.3) is 0 Å². The summed E-state index contributed by atoms with van der Waals surface area (Å²) in [5, 5.41) is 0. The molecule has 1 aliphatic rings. The lowest BCUT2D eigenvalue weighted by atomic mass is 10.2. The van der Waals surface area contributed by atoms with Crippen molar-refractivity contribution in [2.75, 3.05) is 13.2 Å². The molecule has 0 radical (unpaired) electrons. The molecule has 0 aromatic heterocycles. The summed E-state index contributed by atoms with van der Waals surface area (Å²) in [4.78, 5) is 35.6. The second kappa shape index (κ2) is 7.04. The van der Waals surface area contributed by atoms with Crippen molar-refractivity contribution in [1.29, 1.82) is 0 Å². The van der Waals surface area contributed by atoms with Gasteiger partial charge in [0, 0.05) is 12.8 Å². The van der Waals surface area contributed by atoms with Crippen LogP contribution in [-0.4, -0.2) is 35.8 Å². The number of likely N-dealkylation sites (tertiary alicyclic amines) is 1. The number of esters is 1. The Morgan fingerprint density at radius 1 is 1.24 bits per heavy atom. The predicted octanol–water partition coefficient (Wildman–Crippen LogP) is 1.26. The van der Waals surface area contributed by atoms with Gasteiger partial charge >= 0.3 is 5.97 Å². The van der Waals surface area contributed by atoms with E-state index in [1.807, 2.05) is 6.92 Å². The maximum Gasteiger partial charge on any atom is 0.326 e. The third-order valence-electron chi connectivity index (χ3n) is 2.68. The Morgan fingerprint density at radius 2 is 1.82 bits per heavy atom. The van der Waals surface area contributed by atoms with E-state index in [4.69, 9.17) is 4.74 Å². The molecule has 0 aliphatic carbocycles. The zero-order chi connectivity index (χ0) is 12.7. The average Bonchev–Trinajstić information content (AvgIpc) is 2.44. The van der Waals surface area contributed by atoms with Gasteiger partial charge < -0.3 is 4.74 Å². The Labute approximate surface area is 101 Å². The molecule has 0 aromatic carbocycles. The van der Waals surface area contributed by atoms with E-state index in [9.17, 15) is 14.4 Å². The molecule has 5 nitrogen and oxygen atoms in total. The monoisotopic (exact) mass is 241 g/mol. The van der Waals surface area contributed by atoms with Crippen molar-refractivity contribution < 1.29 is 19.1 Å². The van der Waals surface area contributed by atoms with Gasteiger partial charge in [0.05, 0.1) is 6.61 Å². The van der Waals surface area contributed by atoms with Gasteiger partial charge in [-0.1, -0.05) is 13.3 Å². The van der Waals surface area contributed by atoms with Crippen molar-refractivity contribution in [3.63, 3.8) is 0 Å². The van der Waals surface area contributed by atoms with Crippen molar-refractivity contribution in [3.8, 4) is 0 Å². The highest BCUT2D eigenvalue weighted by Gasteiger charge is 2.26. The van der Waals surface area contributed by atoms with E-state index >= 15 is 0 Å². The summed E-state index contributed by atoms with van der Waals surface area (Å²) in [5.41, 5.74) is 0. The largest absolute Gasteiger partial charge is 0.464 e. The minimum atomic E-state index is -0.498. The number of hydrogen-bond acceptors (Lipinski definition) is 4. The van der Waals surface area contributed by atoms with Crippen LogP contribution in [0.4, 0.5) is 0 Å². The third-order valence-corrected chi connectivity index (χ3v) is 2.68. The Hall–Kier alpha value is -1.39. The van der Waals surface area contributed by atoms with E-state index in [2.05, 4.69) is 0 Å². The van der Waals surface area contributed by atoms with Gasteiger partial charge in [-0.2, -0.15) is 0 Å². The van der Waals surface area contributed by atoms with Crippen LogP contribution in [0, 0.1) is 0 Å². The Bertz CT molecular complexity index is 283. The topological polar surface area (TPSA) is 63.7 Å². The minimum absolute atomic E-state index is 0.235. The van der Waals surface area contributed by atoms with Crippen LogP contribution in [0.2, 0.25) is 0 Å². The van der Waals surface area contributed by atoms with Crippen molar-refractivity contribution in [2.45, 2.75) is 45.4 Å². The molecule has 1 saturated heterocycles. The molecule has 1 heterocycles. The summed E-state index contributed by atoms with van der Waals surface area (Å²) in [6, 6.07) is 0. The van der Waals surface area contributed by atoms with Gasteiger partial charge in [-0.15, -0.1) is 0 Å². The summed E-state index contributed by atoms with van der Waals surface area (Å²) < 4.78 is 4.94. The molecule has 17 heavy (non-hydrogen) atoms. The van der Waals surface area contributed by atoms with E-state index in [0.29, 0.717) is 32.3 Å². The van der Waals surface area contributed by atoms with Gasteiger partial charge in [-0.3, -0.25) is 19.3 Å². The molecule has 0 saturated carbocycles. The lowest BCUT2D eigenvalue weighted by Gasteiger charge is -2.17. The molecule has 1 fully saturated rings. The van der Waals surface area contributed by atoms with E-state index in [1.54, 1.807) is 0 Å². The summed E-state index contributed by atoms with van der Waals surface area (Å²) in [7, 11) is 0. The van der Waals surface area contributed by atoms with Gasteiger partial charge in [-0.25, -0.2) is 0 Å². The van der Waals surface area contributed by atoms with Crippen LogP contribution < -0.4 is 0 Å². The normalized spacial score (nSPS) is 16.9. The molecule has 5 heteroatoms. The zero-order valence-electron chi connectivity index (χ0n) is 10.2.